The number of carbonyl (C=O) groups is 2. The van der Waals surface area contributed by atoms with Gasteiger partial charge in [-0.1, -0.05) is 0 Å². The molecule has 86 valence electrons. The van der Waals surface area contributed by atoms with Crippen LogP contribution < -0.4 is 0 Å². The van der Waals surface area contributed by atoms with Crippen molar-refractivity contribution >= 4 is 45.7 Å². The Kier molecular flexibility index (Phi) is 3.95. The molecule has 0 bridgehead atoms. The topological polar surface area (TPSA) is 34.1 Å². The van der Waals surface area contributed by atoms with Gasteiger partial charge in [0, 0.05) is 14.7 Å². The van der Waals surface area contributed by atoms with Crippen LogP contribution in [0.2, 0.25) is 0 Å². The first-order valence-corrected chi connectivity index (χ1v) is 5.28. The maximum absolute atomic E-state index is 12.5. The zero-order chi connectivity index (χ0) is 12.5. The molecule has 0 saturated heterocycles. The van der Waals surface area contributed by atoms with Crippen LogP contribution in [0.1, 0.15) is 26.3 Å². The normalized spacial score (nSPS) is 11.3. The summed E-state index contributed by atoms with van der Waals surface area (Å²) in [5.74, 6) is 0. The molecule has 1 aromatic rings. The first-order valence-electron chi connectivity index (χ1n) is 3.83. The van der Waals surface area contributed by atoms with Crippen LogP contribution in [0.15, 0.2) is 12.1 Å². The van der Waals surface area contributed by atoms with Gasteiger partial charge in [0.25, 0.3) is 5.24 Å². The summed E-state index contributed by atoms with van der Waals surface area (Å²) in [5.41, 5.74) is -1.60. The van der Waals surface area contributed by atoms with Crippen LogP contribution in [0.4, 0.5) is 13.2 Å². The molecular weight excluding hydrogens is 359 g/mol. The molecule has 1 aromatic carbocycles. The molecule has 0 fully saturated rings. The van der Waals surface area contributed by atoms with E-state index in [1.54, 1.807) is 0 Å². The van der Waals surface area contributed by atoms with Gasteiger partial charge >= 0.3 is 6.18 Å². The zero-order valence-corrected chi connectivity index (χ0v) is 10.4. The Morgan fingerprint density at radius 1 is 1.38 bits per heavy atom. The molecule has 0 aliphatic heterocycles. The molecule has 7 heteroatoms. The van der Waals surface area contributed by atoms with E-state index in [-0.39, 0.29) is 21.0 Å². The molecular formula is C9H3ClF3IO2. The molecule has 0 spiro atoms. The van der Waals surface area contributed by atoms with Crippen molar-refractivity contribution in [3.63, 3.8) is 0 Å². The average Bonchev–Trinajstić information content (AvgIpc) is 2.15. The highest BCUT2D eigenvalue weighted by Crippen LogP contribution is 2.35. The van der Waals surface area contributed by atoms with E-state index in [0.717, 1.165) is 6.07 Å². The lowest BCUT2D eigenvalue weighted by Gasteiger charge is -2.11. The third-order valence-electron chi connectivity index (χ3n) is 1.75. The van der Waals surface area contributed by atoms with Crippen molar-refractivity contribution in [2.24, 2.45) is 0 Å². The number of aldehydes is 1. The Morgan fingerprint density at radius 2 is 1.94 bits per heavy atom. The summed E-state index contributed by atoms with van der Waals surface area (Å²) in [5, 5.41) is -1.03. The van der Waals surface area contributed by atoms with Crippen LogP contribution in [0.3, 0.4) is 0 Å². The molecule has 0 aromatic heterocycles. The molecule has 2 nitrogen and oxygen atoms in total. The second kappa shape index (κ2) is 4.70. The largest absolute Gasteiger partial charge is 0.417 e. The molecule has 0 amide bonds. The van der Waals surface area contributed by atoms with E-state index in [0.29, 0.717) is 6.07 Å². The molecule has 0 aliphatic rings. The van der Waals surface area contributed by atoms with Gasteiger partial charge in [0.05, 0.1) is 5.56 Å². The number of hydrogen-bond acceptors (Lipinski definition) is 2. The molecule has 0 aliphatic carbocycles. The van der Waals surface area contributed by atoms with Gasteiger partial charge in [-0.15, -0.1) is 0 Å². The van der Waals surface area contributed by atoms with Gasteiger partial charge in [-0.3, -0.25) is 9.59 Å². The van der Waals surface area contributed by atoms with Crippen LogP contribution in [0.25, 0.3) is 0 Å². The lowest BCUT2D eigenvalue weighted by molar-refractivity contribution is -0.138. The minimum Gasteiger partial charge on any atom is -0.298 e. The number of rotatable bonds is 2. The van der Waals surface area contributed by atoms with Gasteiger partial charge in [-0.25, -0.2) is 0 Å². The fourth-order valence-corrected chi connectivity index (χ4v) is 2.23. The maximum Gasteiger partial charge on any atom is 0.417 e. The van der Waals surface area contributed by atoms with Crippen LogP contribution in [0.5, 0.6) is 0 Å². The summed E-state index contributed by atoms with van der Waals surface area (Å²) in [6.45, 7) is 0. The highest BCUT2D eigenvalue weighted by molar-refractivity contribution is 14.1. The highest BCUT2D eigenvalue weighted by Gasteiger charge is 2.35. The smallest absolute Gasteiger partial charge is 0.298 e. The van der Waals surface area contributed by atoms with E-state index >= 15 is 0 Å². The van der Waals surface area contributed by atoms with Gasteiger partial charge in [0.15, 0.2) is 0 Å². The second-order valence-corrected chi connectivity index (χ2v) is 4.24. The third-order valence-corrected chi connectivity index (χ3v) is 3.11. The van der Waals surface area contributed by atoms with Gasteiger partial charge in [0.1, 0.15) is 6.29 Å². The summed E-state index contributed by atoms with van der Waals surface area (Å²) >= 11 is 6.51. The van der Waals surface area contributed by atoms with E-state index < -0.39 is 17.0 Å². The van der Waals surface area contributed by atoms with E-state index in [2.05, 4.69) is 0 Å². The first kappa shape index (κ1) is 13.4. The minimum atomic E-state index is -4.63. The monoisotopic (exact) mass is 362 g/mol. The van der Waals surface area contributed by atoms with Crippen molar-refractivity contribution in [1.82, 2.24) is 0 Å². The van der Waals surface area contributed by atoms with Crippen LogP contribution >= 0.6 is 34.2 Å². The van der Waals surface area contributed by atoms with E-state index in [1.807, 2.05) is 0 Å². The van der Waals surface area contributed by atoms with Crippen LogP contribution in [0, 0.1) is 3.57 Å². The average molecular weight is 362 g/mol. The molecule has 1 rings (SSSR count). The lowest BCUT2D eigenvalue weighted by atomic mass is 10.1. The summed E-state index contributed by atoms with van der Waals surface area (Å²) in [6.07, 6.45) is -4.40. The predicted octanol–water partition coefficient (Wildman–Crippen LogP) is 3.50. The highest BCUT2D eigenvalue weighted by atomic mass is 127. The maximum atomic E-state index is 12.5. The van der Waals surface area contributed by atoms with Gasteiger partial charge in [-0.2, -0.15) is 13.2 Å². The van der Waals surface area contributed by atoms with Gasteiger partial charge in [0.2, 0.25) is 0 Å². The summed E-state index contributed by atoms with van der Waals surface area (Å²) in [4.78, 5) is 21.3. The van der Waals surface area contributed by atoms with E-state index in [9.17, 15) is 22.8 Å². The summed E-state index contributed by atoms with van der Waals surface area (Å²) in [6, 6.07) is 1.71. The number of halogens is 5. The van der Waals surface area contributed by atoms with Gasteiger partial charge < -0.3 is 0 Å². The Balaban J connectivity index is 3.56. The lowest BCUT2D eigenvalue weighted by Crippen LogP contribution is -2.11. The fourth-order valence-electron chi connectivity index (χ4n) is 1.06. The summed E-state index contributed by atoms with van der Waals surface area (Å²) < 4.78 is 37.3. The van der Waals surface area contributed by atoms with Crippen molar-refractivity contribution < 1.29 is 22.8 Å². The molecule has 0 N–H and O–H groups in total. The van der Waals surface area contributed by atoms with Crippen LogP contribution in [-0.4, -0.2) is 11.5 Å². The van der Waals surface area contributed by atoms with Crippen molar-refractivity contribution in [2.75, 3.05) is 0 Å². The van der Waals surface area contributed by atoms with Crippen molar-refractivity contribution in [2.45, 2.75) is 6.18 Å². The molecule has 0 radical (unpaired) electrons. The van der Waals surface area contributed by atoms with Crippen LogP contribution in [-0.2, 0) is 6.18 Å². The second-order valence-electron chi connectivity index (χ2n) is 2.82. The van der Waals surface area contributed by atoms with Gasteiger partial charge in [-0.05, 0) is 46.3 Å². The Hall–Kier alpha value is -0.630. The molecule has 0 saturated carbocycles. The Bertz CT molecular complexity index is 457. The standard InChI is InChI=1S/C9H3ClF3IO2/c10-8(16)5-1-4(3-15)2-6(7(5)14)9(11,12)13/h1-3H. The Morgan fingerprint density at radius 3 is 2.31 bits per heavy atom. The van der Waals surface area contributed by atoms with E-state index in [1.165, 1.54) is 22.6 Å². The molecule has 16 heavy (non-hydrogen) atoms. The third kappa shape index (κ3) is 2.73. The molecule has 0 unspecified atom stereocenters. The van der Waals surface area contributed by atoms with Crippen molar-refractivity contribution in [1.29, 1.82) is 0 Å². The molecule has 0 atom stereocenters. The number of benzene rings is 1. The Labute approximate surface area is 107 Å². The number of alkyl halides is 3. The fraction of sp³-hybridized carbons (Fsp3) is 0.111. The first-order chi connectivity index (χ1) is 7.27. The zero-order valence-electron chi connectivity index (χ0n) is 7.44. The number of hydrogen-bond donors (Lipinski definition) is 0. The SMILES string of the molecule is O=Cc1cc(C(=O)Cl)c(I)c(C(F)(F)F)c1. The molecule has 0 heterocycles. The number of carbonyl (C=O) groups excluding carboxylic acids is 2. The van der Waals surface area contributed by atoms with Crippen molar-refractivity contribution in [3.05, 3.63) is 32.4 Å². The summed E-state index contributed by atoms with van der Waals surface area (Å²) in [7, 11) is 0. The quantitative estimate of drug-likeness (QED) is 0.458. The van der Waals surface area contributed by atoms with Crippen molar-refractivity contribution in [3.8, 4) is 0 Å². The minimum absolute atomic E-state index is 0.231. The van der Waals surface area contributed by atoms with E-state index in [4.69, 9.17) is 11.6 Å². The predicted molar refractivity (Wildman–Crippen MR) is 59.7 cm³/mol.